The summed E-state index contributed by atoms with van der Waals surface area (Å²) in [6.07, 6.45) is -7.43. The lowest BCUT2D eigenvalue weighted by Crippen LogP contribution is -2.27. The van der Waals surface area contributed by atoms with Gasteiger partial charge in [0, 0.05) is 11.1 Å². The standard InChI is InChI=1S/C17H17F3N2O4/c1-9(2)25-12-6-4-11(5-7-12)14(17(18,19)20)26-16(24)13-8-10(3)15(23)22-21-13/h4-9,14H,1-3H3,(H,22,23). The van der Waals surface area contributed by atoms with Gasteiger partial charge in [0.1, 0.15) is 5.75 Å². The third-order valence-corrected chi connectivity index (χ3v) is 3.28. The molecule has 140 valence electrons. The number of ether oxygens (including phenoxy) is 2. The van der Waals surface area contributed by atoms with Crippen LogP contribution in [0.2, 0.25) is 0 Å². The summed E-state index contributed by atoms with van der Waals surface area (Å²) < 4.78 is 50.0. The summed E-state index contributed by atoms with van der Waals surface area (Å²) in [7, 11) is 0. The van der Waals surface area contributed by atoms with Crippen LogP contribution in [0.5, 0.6) is 5.75 Å². The number of hydrogen-bond acceptors (Lipinski definition) is 5. The number of nitrogens with zero attached hydrogens (tertiary/aromatic N) is 1. The molecule has 0 saturated heterocycles. The van der Waals surface area contributed by atoms with Gasteiger partial charge in [0.15, 0.2) is 5.69 Å². The number of carbonyl (C=O) groups excluding carboxylic acids is 1. The van der Waals surface area contributed by atoms with E-state index in [1.807, 2.05) is 5.10 Å². The van der Waals surface area contributed by atoms with E-state index < -0.39 is 29.5 Å². The first-order valence-corrected chi connectivity index (χ1v) is 7.68. The molecule has 1 unspecified atom stereocenters. The number of aromatic amines is 1. The molecule has 6 nitrogen and oxygen atoms in total. The van der Waals surface area contributed by atoms with Crippen molar-refractivity contribution in [3.8, 4) is 5.75 Å². The van der Waals surface area contributed by atoms with E-state index in [0.29, 0.717) is 5.75 Å². The summed E-state index contributed by atoms with van der Waals surface area (Å²) in [6.45, 7) is 4.97. The molecule has 9 heteroatoms. The van der Waals surface area contributed by atoms with Crippen molar-refractivity contribution < 1.29 is 27.4 Å². The summed E-state index contributed by atoms with van der Waals surface area (Å²) in [4.78, 5) is 23.3. The van der Waals surface area contributed by atoms with E-state index in [2.05, 4.69) is 9.84 Å². The van der Waals surface area contributed by atoms with Crippen LogP contribution in [-0.4, -0.2) is 28.4 Å². The van der Waals surface area contributed by atoms with Gasteiger partial charge in [-0.2, -0.15) is 18.3 Å². The lowest BCUT2D eigenvalue weighted by Gasteiger charge is -2.21. The van der Waals surface area contributed by atoms with Crippen molar-refractivity contribution in [3.05, 3.63) is 57.5 Å². The number of halogens is 3. The summed E-state index contributed by atoms with van der Waals surface area (Å²) in [5, 5.41) is 5.44. The summed E-state index contributed by atoms with van der Waals surface area (Å²) >= 11 is 0. The molecule has 26 heavy (non-hydrogen) atoms. The van der Waals surface area contributed by atoms with E-state index in [9.17, 15) is 22.8 Å². The molecule has 1 aromatic carbocycles. The molecule has 0 bridgehead atoms. The summed E-state index contributed by atoms with van der Waals surface area (Å²) in [6, 6.07) is 6.15. The van der Waals surface area contributed by atoms with Crippen molar-refractivity contribution in [1.82, 2.24) is 10.2 Å². The van der Waals surface area contributed by atoms with Gasteiger partial charge >= 0.3 is 12.1 Å². The second-order valence-corrected chi connectivity index (χ2v) is 5.83. The highest BCUT2D eigenvalue weighted by molar-refractivity contribution is 5.87. The summed E-state index contributed by atoms with van der Waals surface area (Å²) in [5.41, 5.74) is -1.10. The van der Waals surface area contributed by atoms with Crippen LogP contribution in [0.15, 0.2) is 35.1 Å². The Balaban J connectivity index is 2.26. The van der Waals surface area contributed by atoms with Gasteiger partial charge < -0.3 is 9.47 Å². The second kappa shape index (κ2) is 7.59. The van der Waals surface area contributed by atoms with Crippen molar-refractivity contribution in [3.63, 3.8) is 0 Å². The van der Waals surface area contributed by atoms with E-state index in [4.69, 9.17) is 4.74 Å². The Morgan fingerprint density at radius 1 is 1.19 bits per heavy atom. The number of hydrogen-bond donors (Lipinski definition) is 1. The van der Waals surface area contributed by atoms with E-state index in [1.165, 1.54) is 31.2 Å². The maximum absolute atomic E-state index is 13.3. The fourth-order valence-electron chi connectivity index (χ4n) is 2.09. The van der Waals surface area contributed by atoms with Crippen LogP contribution in [-0.2, 0) is 4.74 Å². The second-order valence-electron chi connectivity index (χ2n) is 5.83. The van der Waals surface area contributed by atoms with Crippen molar-refractivity contribution in [2.24, 2.45) is 0 Å². The number of esters is 1. The van der Waals surface area contributed by atoms with Gasteiger partial charge in [-0.1, -0.05) is 12.1 Å². The van der Waals surface area contributed by atoms with Crippen molar-refractivity contribution >= 4 is 5.97 Å². The highest BCUT2D eigenvalue weighted by atomic mass is 19.4. The third-order valence-electron chi connectivity index (χ3n) is 3.28. The molecule has 1 atom stereocenters. The molecule has 0 aliphatic rings. The van der Waals surface area contributed by atoms with Crippen molar-refractivity contribution in [2.75, 3.05) is 0 Å². The number of aromatic nitrogens is 2. The number of aryl methyl sites for hydroxylation is 1. The van der Waals surface area contributed by atoms with Crippen LogP contribution in [0.1, 0.15) is 41.6 Å². The molecule has 2 aromatic rings. The van der Waals surface area contributed by atoms with Gasteiger partial charge in [-0.25, -0.2) is 9.89 Å². The molecule has 1 aromatic heterocycles. The van der Waals surface area contributed by atoms with E-state index in [0.717, 1.165) is 6.07 Å². The average molecular weight is 370 g/mol. The molecule has 0 aliphatic heterocycles. The largest absolute Gasteiger partial charge is 0.491 e. The van der Waals surface area contributed by atoms with Crippen molar-refractivity contribution in [1.29, 1.82) is 0 Å². The first kappa shape index (κ1) is 19.5. The molecule has 1 N–H and O–H groups in total. The molecule has 0 amide bonds. The van der Waals surface area contributed by atoms with Gasteiger partial charge in [0.2, 0.25) is 6.10 Å². The zero-order valence-electron chi connectivity index (χ0n) is 14.3. The van der Waals surface area contributed by atoms with Gasteiger partial charge in [-0.15, -0.1) is 0 Å². The molecule has 0 aliphatic carbocycles. The number of H-pyrrole nitrogens is 1. The van der Waals surface area contributed by atoms with E-state index in [1.54, 1.807) is 13.8 Å². The molecular formula is C17H17F3N2O4. The zero-order valence-corrected chi connectivity index (χ0v) is 14.3. The Hall–Kier alpha value is -2.84. The number of rotatable bonds is 5. The third kappa shape index (κ3) is 4.84. The maximum Gasteiger partial charge on any atom is 0.429 e. The van der Waals surface area contributed by atoms with Crippen LogP contribution < -0.4 is 10.3 Å². The molecular weight excluding hydrogens is 353 g/mol. The molecule has 0 radical (unpaired) electrons. The number of carbonyl (C=O) groups is 1. The molecule has 1 heterocycles. The first-order chi connectivity index (χ1) is 12.1. The lowest BCUT2D eigenvalue weighted by atomic mass is 10.1. The van der Waals surface area contributed by atoms with Gasteiger partial charge in [0.25, 0.3) is 5.56 Å². The topological polar surface area (TPSA) is 81.3 Å². The Kier molecular flexibility index (Phi) is 5.69. The Morgan fingerprint density at radius 3 is 2.31 bits per heavy atom. The van der Waals surface area contributed by atoms with E-state index >= 15 is 0 Å². The predicted octanol–water partition coefficient (Wildman–Crippen LogP) is 3.33. The number of nitrogens with one attached hydrogen (secondary N) is 1. The fourth-order valence-corrected chi connectivity index (χ4v) is 2.09. The summed E-state index contributed by atoms with van der Waals surface area (Å²) in [5.74, 6) is -0.900. The minimum atomic E-state index is -4.83. The SMILES string of the molecule is Cc1cc(C(=O)OC(c2ccc(OC(C)C)cc2)C(F)(F)F)n[nH]c1=O. The molecule has 2 rings (SSSR count). The van der Waals surface area contributed by atoms with Crippen molar-refractivity contribution in [2.45, 2.75) is 39.2 Å². The minimum absolute atomic E-state index is 0.130. The smallest absolute Gasteiger partial charge is 0.429 e. The number of alkyl halides is 3. The monoisotopic (exact) mass is 370 g/mol. The Bertz CT molecular complexity index is 829. The highest BCUT2D eigenvalue weighted by Gasteiger charge is 2.44. The lowest BCUT2D eigenvalue weighted by molar-refractivity contribution is -0.207. The predicted molar refractivity (Wildman–Crippen MR) is 86.0 cm³/mol. The molecule has 0 fully saturated rings. The van der Waals surface area contributed by atoms with Crippen LogP contribution in [0, 0.1) is 6.92 Å². The van der Waals surface area contributed by atoms with Gasteiger partial charge in [0.05, 0.1) is 6.10 Å². The quantitative estimate of drug-likeness (QED) is 0.817. The van der Waals surface area contributed by atoms with Crippen LogP contribution in [0.4, 0.5) is 13.2 Å². The average Bonchev–Trinajstić information content (AvgIpc) is 2.54. The van der Waals surface area contributed by atoms with Crippen LogP contribution in [0.3, 0.4) is 0 Å². The van der Waals surface area contributed by atoms with Crippen LogP contribution in [0.25, 0.3) is 0 Å². The molecule has 0 saturated carbocycles. The Morgan fingerprint density at radius 2 is 1.81 bits per heavy atom. The molecule has 0 spiro atoms. The normalized spacial score (nSPS) is 12.7. The minimum Gasteiger partial charge on any atom is -0.491 e. The zero-order chi connectivity index (χ0) is 19.5. The van der Waals surface area contributed by atoms with E-state index in [-0.39, 0.29) is 17.2 Å². The Labute approximate surface area is 146 Å². The number of benzene rings is 1. The van der Waals surface area contributed by atoms with Gasteiger partial charge in [-0.3, -0.25) is 4.79 Å². The maximum atomic E-state index is 13.3. The first-order valence-electron chi connectivity index (χ1n) is 7.68. The fraction of sp³-hybridized carbons (Fsp3) is 0.353. The van der Waals surface area contributed by atoms with Gasteiger partial charge in [-0.05, 0) is 39.0 Å². The van der Waals surface area contributed by atoms with Crippen LogP contribution >= 0.6 is 0 Å². The highest BCUT2D eigenvalue weighted by Crippen LogP contribution is 2.37.